The Morgan fingerprint density at radius 3 is 2.49 bits per heavy atom. The van der Waals surface area contributed by atoms with Gasteiger partial charge in [-0.15, -0.1) is 12.4 Å². The molecule has 37 heavy (non-hydrogen) atoms. The van der Waals surface area contributed by atoms with Gasteiger partial charge in [0.2, 0.25) is 0 Å². The molecule has 0 bridgehead atoms. The molecule has 0 radical (unpaired) electrons. The molecule has 2 heterocycles. The number of hydrogen-bond donors (Lipinski definition) is 0. The van der Waals surface area contributed by atoms with Crippen molar-refractivity contribution in [3.8, 4) is 11.5 Å². The maximum Gasteiger partial charge on any atom is 0.342 e. The zero-order valence-electron chi connectivity index (χ0n) is 22.3. The van der Waals surface area contributed by atoms with Crippen LogP contribution in [0.5, 0.6) is 11.5 Å². The van der Waals surface area contributed by atoms with Crippen LogP contribution in [0.25, 0.3) is 0 Å². The van der Waals surface area contributed by atoms with E-state index < -0.39 is 11.9 Å². The zero-order chi connectivity index (χ0) is 26.2. The Morgan fingerprint density at radius 2 is 1.84 bits per heavy atom. The minimum atomic E-state index is -0.510. The minimum Gasteiger partial charge on any atom is -0.496 e. The van der Waals surface area contributed by atoms with Gasteiger partial charge in [-0.3, -0.25) is 14.5 Å². The van der Waals surface area contributed by atoms with E-state index in [0.29, 0.717) is 56.1 Å². The van der Waals surface area contributed by atoms with Gasteiger partial charge in [-0.25, -0.2) is 4.79 Å². The van der Waals surface area contributed by atoms with E-state index in [0.717, 1.165) is 24.2 Å². The average Bonchev–Trinajstić information content (AvgIpc) is 3.25. The minimum absolute atomic E-state index is 0. The van der Waals surface area contributed by atoms with Gasteiger partial charge in [0.1, 0.15) is 24.5 Å². The first-order valence-electron chi connectivity index (χ1n) is 12.4. The van der Waals surface area contributed by atoms with Crippen LogP contribution < -0.4 is 9.47 Å². The molecule has 0 atom stereocenters. The number of cyclic esters (lactones) is 1. The summed E-state index contributed by atoms with van der Waals surface area (Å²) < 4.78 is 27.3. The fourth-order valence-corrected chi connectivity index (χ4v) is 4.20. The van der Waals surface area contributed by atoms with Crippen LogP contribution in [-0.2, 0) is 36.8 Å². The SMILES string of the molecule is COc1c(C)c2c(c(OC(=O)C(C)C)c1CC=C(C)CCC(=O)OCCN1CCOCC1)C(=O)OC2.Cl. The van der Waals surface area contributed by atoms with Gasteiger partial charge in [-0.05, 0) is 32.3 Å². The normalized spacial score (nSPS) is 15.6. The summed E-state index contributed by atoms with van der Waals surface area (Å²) in [4.78, 5) is 39.4. The van der Waals surface area contributed by atoms with E-state index in [9.17, 15) is 14.4 Å². The summed E-state index contributed by atoms with van der Waals surface area (Å²) in [7, 11) is 1.55. The van der Waals surface area contributed by atoms with Gasteiger partial charge in [0.25, 0.3) is 0 Å². The molecule has 10 heteroatoms. The molecule has 2 aliphatic rings. The Morgan fingerprint density at radius 1 is 1.14 bits per heavy atom. The fourth-order valence-electron chi connectivity index (χ4n) is 4.20. The Hall–Kier alpha value is -2.62. The molecule has 0 N–H and O–H groups in total. The van der Waals surface area contributed by atoms with Gasteiger partial charge >= 0.3 is 17.9 Å². The molecule has 0 aromatic heterocycles. The number of allylic oxidation sites excluding steroid dienone is 2. The average molecular weight is 540 g/mol. The first-order valence-corrected chi connectivity index (χ1v) is 12.4. The summed E-state index contributed by atoms with van der Waals surface area (Å²) in [6, 6.07) is 0. The van der Waals surface area contributed by atoms with Crippen molar-refractivity contribution in [3.63, 3.8) is 0 Å². The summed E-state index contributed by atoms with van der Waals surface area (Å²) >= 11 is 0. The molecule has 206 valence electrons. The summed E-state index contributed by atoms with van der Waals surface area (Å²) in [6.45, 7) is 11.6. The van der Waals surface area contributed by atoms with Crippen LogP contribution in [0.1, 0.15) is 60.7 Å². The lowest BCUT2D eigenvalue weighted by Crippen LogP contribution is -2.38. The van der Waals surface area contributed by atoms with Crippen LogP contribution in [0.15, 0.2) is 11.6 Å². The second kappa shape index (κ2) is 14.4. The number of methoxy groups -OCH3 is 1. The first kappa shape index (κ1) is 30.6. The number of fused-ring (bicyclic) bond motifs is 1. The van der Waals surface area contributed by atoms with Crippen LogP contribution in [0.2, 0.25) is 0 Å². The van der Waals surface area contributed by atoms with Crippen molar-refractivity contribution in [1.82, 2.24) is 4.90 Å². The van der Waals surface area contributed by atoms with E-state index in [-0.39, 0.29) is 48.6 Å². The van der Waals surface area contributed by atoms with E-state index in [1.54, 1.807) is 21.0 Å². The first-order chi connectivity index (χ1) is 17.2. The topological polar surface area (TPSA) is 101 Å². The van der Waals surface area contributed by atoms with Crippen molar-refractivity contribution < 1.29 is 38.1 Å². The highest BCUT2D eigenvalue weighted by Gasteiger charge is 2.34. The monoisotopic (exact) mass is 539 g/mol. The van der Waals surface area contributed by atoms with E-state index in [2.05, 4.69) is 4.90 Å². The van der Waals surface area contributed by atoms with Crippen molar-refractivity contribution in [1.29, 1.82) is 0 Å². The van der Waals surface area contributed by atoms with Crippen molar-refractivity contribution in [2.24, 2.45) is 5.92 Å². The number of rotatable bonds is 11. The molecular formula is C27H38ClNO8. The van der Waals surface area contributed by atoms with Gasteiger partial charge in [0.15, 0.2) is 5.75 Å². The second-order valence-electron chi connectivity index (χ2n) is 9.40. The Balaban J connectivity index is 0.00000481. The number of carbonyl (C=O) groups excluding carboxylic acids is 3. The molecule has 0 spiro atoms. The molecule has 9 nitrogen and oxygen atoms in total. The number of hydrogen-bond acceptors (Lipinski definition) is 9. The molecule has 1 aromatic carbocycles. The van der Waals surface area contributed by atoms with E-state index in [1.165, 1.54) is 0 Å². The quantitative estimate of drug-likeness (QED) is 0.236. The van der Waals surface area contributed by atoms with Gasteiger partial charge in [-0.1, -0.05) is 25.5 Å². The largest absolute Gasteiger partial charge is 0.496 e. The van der Waals surface area contributed by atoms with E-state index in [4.69, 9.17) is 23.7 Å². The van der Waals surface area contributed by atoms with Crippen molar-refractivity contribution in [3.05, 3.63) is 33.9 Å². The molecule has 0 unspecified atom stereocenters. The summed E-state index contributed by atoms with van der Waals surface area (Å²) in [5, 5.41) is 0. The van der Waals surface area contributed by atoms with Gasteiger partial charge < -0.3 is 23.7 Å². The van der Waals surface area contributed by atoms with Crippen LogP contribution in [0.4, 0.5) is 0 Å². The molecule has 1 aromatic rings. The van der Waals surface area contributed by atoms with Crippen molar-refractivity contribution in [2.75, 3.05) is 46.6 Å². The van der Waals surface area contributed by atoms with Gasteiger partial charge in [0.05, 0.1) is 26.2 Å². The molecule has 0 saturated carbocycles. The van der Waals surface area contributed by atoms with Crippen LogP contribution >= 0.6 is 12.4 Å². The van der Waals surface area contributed by atoms with Gasteiger partial charge in [0, 0.05) is 37.2 Å². The number of morpholine rings is 1. The maximum atomic E-state index is 12.5. The summed E-state index contributed by atoms with van der Waals surface area (Å²) in [5.41, 5.74) is 3.32. The molecule has 2 aliphatic heterocycles. The summed E-state index contributed by atoms with van der Waals surface area (Å²) in [6.07, 6.45) is 3.12. The molecule has 0 aliphatic carbocycles. The van der Waals surface area contributed by atoms with Crippen molar-refractivity contribution >= 4 is 30.3 Å². The standard InChI is InChI=1S/C27H37NO8.ClH/c1-17(2)26(30)36-25-20(24(32-5)19(4)21-16-35-27(31)23(21)25)8-6-18(3)7-9-22(29)34-15-12-28-10-13-33-14-11-28;/h6,17H,7-16H2,1-5H3;1H. The molecular weight excluding hydrogens is 502 g/mol. The maximum absolute atomic E-state index is 12.5. The smallest absolute Gasteiger partial charge is 0.342 e. The number of nitrogens with zero attached hydrogens (tertiary/aromatic N) is 1. The number of halogens is 1. The molecule has 1 saturated heterocycles. The van der Waals surface area contributed by atoms with Crippen LogP contribution in [0, 0.1) is 12.8 Å². The van der Waals surface area contributed by atoms with E-state index in [1.807, 2.05) is 19.9 Å². The fraction of sp³-hybridized carbons (Fsp3) is 0.593. The van der Waals surface area contributed by atoms with Crippen molar-refractivity contribution in [2.45, 2.75) is 53.6 Å². The molecule has 3 rings (SSSR count). The third-order valence-electron chi connectivity index (χ3n) is 6.45. The lowest BCUT2D eigenvalue weighted by molar-refractivity contribution is -0.144. The molecule has 0 amide bonds. The summed E-state index contributed by atoms with van der Waals surface area (Å²) in [5.74, 6) is -0.805. The van der Waals surface area contributed by atoms with E-state index >= 15 is 0 Å². The zero-order valence-corrected chi connectivity index (χ0v) is 23.2. The van der Waals surface area contributed by atoms with Gasteiger partial charge in [-0.2, -0.15) is 0 Å². The number of ether oxygens (including phenoxy) is 5. The predicted molar refractivity (Wildman–Crippen MR) is 139 cm³/mol. The lowest BCUT2D eigenvalue weighted by atomic mass is 9.94. The number of benzene rings is 1. The molecule has 1 fully saturated rings. The lowest BCUT2D eigenvalue weighted by Gasteiger charge is -2.26. The number of carbonyl (C=O) groups is 3. The third-order valence-corrected chi connectivity index (χ3v) is 6.45. The third kappa shape index (κ3) is 7.93. The Labute approximate surface area is 224 Å². The highest BCUT2D eigenvalue weighted by atomic mass is 35.5. The highest BCUT2D eigenvalue weighted by Crippen LogP contribution is 2.43. The van der Waals surface area contributed by atoms with Crippen LogP contribution in [0.3, 0.4) is 0 Å². The predicted octanol–water partition coefficient (Wildman–Crippen LogP) is 3.80. The Bertz CT molecular complexity index is 1010. The number of esters is 3. The highest BCUT2D eigenvalue weighted by molar-refractivity contribution is 5.99. The second-order valence-corrected chi connectivity index (χ2v) is 9.40. The Kier molecular flexibility index (Phi) is 11.9. The van der Waals surface area contributed by atoms with Crippen LogP contribution in [-0.4, -0.2) is 69.4 Å².